The molecule has 2 bridgehead atoms. The number of nitrogen functional groups attached to an aromatic ring is 2. The summed E-state index contributed by atoms with van der Waals surface area (Å²) < 4.78 is 6.17. The predicted molar refractivity (Wildman–Crippen MR) is 92.0 cm³/mol. The Hall–Kier alpha value is -2.04. The van der Waals surface area contributed by atoms with Crippen molar-refractivity contribution in [3.05, 3.63) is 18.2 Å². The van der Waals surface area contributed by atoms with Crippen LogP contribution in [0.3, 0.4) is 0 Å². The molecule has 1 heterocycles. The highest BCUT2D eigenvalue weighted by Crippen LogP contribution is 2.61. The van der Waals surface area contributed by atoms with E-state index in [1.165, 1.54) is 19.3 Å². The molecule has 23 heavy (non-hydrogen) atoms. The van der Waals surface area contributed by atoms with Gasteiger partial charge >= 0.3 is 0 Å². The average Bonchev–Trinajstić information content (AvgIpc) is 2.52. The highest BCUT2D eigenvalue weighted by Gasteiger charge is 2.54. The molecule has 3 fully saturated rings. The van der Waals surface area contributed by atoms with Crippen molar-refractivity contribution in [2.75, 3.05) is 18.1 Å². The topological polar surface area (TPSA) is 87.0 Å². The van der Waals surface area contributed by atoms with Gasteiger partial charge in [0.25, 0.3) is 0 Å². The molecule has 3 atom stereocenters. The van der Waals surface area contributed by atoms with E-state index < -0.39 is 0 Å². The van der Waals surface area contributed by atoms with Gasteiger partial charge < -0.3 is 16.2 Å². The third kappa shape index (κ3) is 2.21. The van der Waals surface area contributed by atoms with Crippen LogP contribution in [0.2, 0.25) is 0 Å². The van der Waals surface area contributed by atoms with Crippen LogP contribution in [0.15, 0.2) is 18.2 Å². The van der Waals surface area contributed by atoms with Crippen LogP contribution in [0, 0.1) is 23.2 Å². The minimum absolute atomic E-state index is 0.196. The van der Waals surface area contributed by atoms with Gasteiger partial charge in [0.1, 0.15) is 11.6 Å². The van der Waals surface area contributed by atoms with Crippen LogP contribution < -0.4 is 16.2 Å². The molecule has 0 amide bonds. The summed E-state index contributed by atoms with van der Waals surface area (Å²) in [5.41, 5.74) is 12.9. The summed E-state index contributed by atoms with van der Waals surface area (Å²) in [6, 6.07) is 5.75. The Morgan fingerprint density at radius 3 is 2.78 bits per heavy atom. The molecule has 1 aromatic heterocycles. The molecule has 3 aliphatic rings. The van der Waals surface area contributed by atoms with Crippen molar-refractivity contribution in [2.45, 2.75) is 33.1 Å². The van der Waals surface area contributed by atoms with Crippen LogP contribution in [-0.4, -0.2) is 16.6 Å². The highest BCUT2D eigenvalue weighted by atomic mass is 16.5. The molecule has 3 aliphatic carbocycles. The van der Waals surface area contributed by atoms with E-state index in [1.54, 1.807) is 0 Å². The van der Waals surface area contributed by atoms with Gasteiger partial charge in [0, 0.05) is 0 Å². The summed E-state index contributed by atoms with van der Waals surface area (Å²) in [4.78, 5) is 8.31. The molecule has 1 aromatic carbocycles. The zero-order valence-electron chi connectivity index (χ0n) is 13.7. The number of aromatic nitrogens is 2. The van der Waals surface area contributed by atoms with Crippen molar-refractivity contribution >= 4 is 22.7 Å². The second kappa shape index (κ2) is 4.98. The van der Waals surface area contributed by atoms with Gasteiger partial charge in [0.2, 0.25) is 5.95 Å². The van der Waals surface area contributed by atoms with E-state index in [1.807, 2.05) is 18.2 Å². The fraction of sp³-hybridized carbons (Fsp3) is 0.556. The number of hydrogen-bond donors (Lipinski definition) is 2. The molecule has 0 unspecified atom stereocenters. The lowest BCUT2D eigenvalue weighted by Gasteiger charge is -2.60. The first kappa shape index (κ1) is 14.5. The summed E-state index contributed by atoms with van der Waals surface area (Å²) in [7, 11) is 0. The van der Waals surface area contributed by atoms with Gasteiger partial charge in [-0.1, -0.05) is 19.9 Å². The standard InChI is InChI=1S/C18H24N4O/c1-18(2)11-7-6-10(12(18)8-11)9-23-14-5-3-4-13-15(14)16(19)22-17(20)21-13/h3-5,10-12H,6-9H2,1-2H3,(H4,19,20,21,22)/t10-,11-,12-/m0/s1. The number of nitrogens with zero attached hydrogens (tertiary/aromatic N) is 2. The second-order valence-electron chi connectivity index (χ2n) is 7.63. The fourth-order valence-corrected chi connectivity index (χ4v) is 4.68. The van der Waals surface area contributed by atoms with Crippen molar-refractivity contribution in [1.82, 2.24) is 9.97 Å². The lowest BCUT2D eigenvalue weighted by Crippen LogP contribution is -2.53. The zero-order valence-corrected chi connectivity index (χ0v) is 13.7. The SMILES string of the molecule is CC1(C)[C@H]2CC[C@@H](COc3cccc4nc(N)nc(N)c34)[C@@H]1C2. The molecule has 5 heteroatoms. The summed E-state index contributed by atoms with van der Waals surface area (Å²) in [6.07, 6.45) is 3.95. The Labute approximate surface area is 136 Å². The molecular weight excluding hydrogens is 288 g/mol. The largest absolute Gasteiger partial charge is 0.492 e. The number of hydrogen-bond acceptors (Lipinski definition) is 5. The summed E-state index contributed by atoms with van der Waals surface area (Å²) in [5, 5.41) is 0.767. The lowest BCUT2D eigenvalue weighted by molar-refractivity contribution is -0.114. The monoisotopic (exact) mass is 312 g/mol. The van der Waals surface area contributed by atoms with Crippen molar-refractivity contribution in [2.24, 2.45) is 23.2 Å². The molecule has 0 saturated heterocycles. The second-order valence-corrected chi connectivity index (χ2v) is 7.63. The maximum Gasteiger partial charge on any atom is 0.222 e. The molecule has 0 spiro atoms. The van der Waals surface area contributed by atoms with Gasteiger partial charge in [-0.15, -0.1) is 0 Å². The molecule has 122 valence electrons. The molecule has 0 radical (unpaired) electrons. The first-order valence-corrected chi connectivity index (χ1v) is 8.41. The Kier molecular flexibility index (Phi) is 3.15. The average molecular weight is 312 g/mol. The quantitative estimate of drug-likeness (QED) is 0.908. The van der Waals surface area contributed by atoms with Crippen LogP contribution in [0.1, 0.15) is 33.1 Å². The van der Waals surface area contributed by atoms with Crippen LogP contribution in [0.25, 0.3) is 10.9 Å². The molecule has 5 nitrogen and oxygen atoms in total. The van der Waals surface area contributed by atoms with Crippen LogP contribution >= 0.6 is 0 Å². The molecular formula is C18H24N4O. The van der Waals surface area contributed by atoms with E-state index in [2.05, 4.69) is 23.8 Å². The predicted octanol–water partition coefficient (Wildman–Crippen LogP) is 3.25. The number of nitrogens with two attached hydrogens (primary N) is 2. The normalized spacial score (nSPS) is 28.3. The molecule has 3 saturated carbocycles. The number of anilines is 2. The summed E-state index contributed by atoms with van der Waals surface area (Å²) in [6.45, 7) is 5.55. The first-order chi connectivity index (χ1) is 11.0. The van der Waals surface area contributed by atoms with Crippen molar-refractivity contribution < 1.29 is 4.74 Å². The van der Waals surface area contributed by atoms with Gasteiger partial charge in [0.15, 0.2) is 0 Å². The van der Waals surface area contributed by atoms with Crippen LogP contribution in [-0.2, 0) is 0 Å². The number of ether oxygens (including phenoxy) is 1. The molecule has 0 aliphatic heterocycles. The van der Waals surface area contributed by atoms with Crippen molar-refractivity contribution in [1.29, 1.82) is 0 Å². The molecule has 4 N–H and O–H groups in total. The van der Waals surface area contributed by atoms with Crippen LogP contribution in [0.5, 0.6) is 5.75 Å². The van der Waals surface area contributed by atoms with E-state index in [0.717, 1.165) is 35.1 Å². The highest BCUT2D eigenvalue weighted by molar-refractivity contribution is 5.94. The number of fused-ring (bicyclic) bond motifs is 3. The molecule has 5 rings (SSSR count). The number of rotatable bonds is 3. The van der Waals surface area contributed by atoms with E-state index in [4.69, 9.17) is 16.2 Å². The van der Waals surface area contributed by atoms with E-state index in [9.17, 15) is 0 Å². The van der Waals surface area contributed by atoms with Gasteiger partial charge in [-0.05, 0) is 54.6 Å². The van der Waals surface area contributed by atoms with Crippen molar-refractivity contribution in [3.8, 4) is 5.75 Å². The zero-order chi connectivity index (χ0) is 16.2. The third-order valence-corrected chi connectivity index (χ3v) is 6.18. The van der Waals surface area contributed by atoms with Gasteiger partial charge in [0.05, 0.1) is 17.5 Å². The Balaban J connectivity index is 1.57. The maximum absolute atomic E-state index is 6.17. The smallest absolute Gasteiger partial charge is 0.222 e. The van der Waals surface area contributed by atoms with E-state index >= 15 is 0 Å². The lowest BCUT2D eigenvalue weighted by atomic mass is 9.46. The van der Waals surface area contributed by atoms with Gasteiger partial charge in [-0.3, -0.25) is 0 Å². The first-order valence-electron chi connectivity index (χ1n) is 8.41. The summed E-state index contributed by atoms with van der Waals surface area (Å²) >= 11 is 0. The molecule has 2 aromatic rings. The minimum atomic E-state index is 0.196. The Bertz CT molecular complexity index is 756. The maximum atomic E-state index is 6.17. The van der Waals surface area contributed by atoms with Gasteiger partial charge in [-0.25, -0.2) is 4.98 Å². The van der Waals surface area contributed by atoms with Crippen LogP contribution in [0.4, 0.5) is 11.8 Å². The van der Waals surface area contributed by atoms with Gasteiger partial charge in [-0.2, -0.15) is 4.98 Å². The minimum Gasteiger partial charge on any atom is -0.492 e. The fourth-order valence-electron chi connectivity index (χ4n) is 4.68. The summed E-state index contributed by atoms with van der Waals surface area (Å²) in [5.74, 6) is 3.66. The Morgan fingerprint density at radius 1 is 1.22 bits per heavy atom. The van der Waals surface area contributed by atoms with E-state index in [0.29, 0.717) is 17.2 Å². The van der Waals surface area contributed by atoms with Crippen molar-refractivity contribution in [3.63, 3.8) is 0 Å². The Morgan fingerprint density at radius 2 is 2.04 bits per heavy atom. The van der Waals surface area contributed by atoms with E-state index in [-0.39, 0.29) is 5.95 Å². The number of benzene rings is 1. The third-order valence-electron chi connectivity index (χ3n) is 6.18.